The highest BCUT2D eigenvalue weighted by atomic mass is 32.1. The van der Waals surface area contributed by atoms with E-state index in [9.17, 15) is 18.4 Å². The molecule has 0 aliphatic heterocycles. The maximum absolute atomic E-state index is 14.8. The number of carbonyl (C=O) groups excluding carboxylic acids is 2. The van der Waals surface area contributed by atoms with Crippen LogP contribution in [0.1, 0.15) is 67.3 Å². The van der Waals surface area contributed by atoms with Crippen molar-refractivity contribution in [3.05, 3.63) is 82.5 Å². The number of halogens is 2. The Morgan fingerprint density at radius 2 is 1.60 bits per heavy atom. The fraction of sp³-hybridized carbons (Fsp3) is 0.400. The van der Waals surface area contributed by atoms with Gasteiger partial charge >= 0.3 is 6.09 Å². The van der Waals surface area contributed by atoms with Crippen LogP contribution in [-0.4, -0.2) is 58.6 Å². The molecule has 2 heterocycles. The summed E-state index contributed by atoms with van der Waals surface area (Å²) in [4.78, 5) is 35.1. The molecule has 10 heteroatoms. The van der Waals surface area contributed by atoms with E-state index in [1.807, 2.05) is 56.0 Å². The van der Waals surface area contributed by atoms with Crippen molar-refractivity contribution in [2.24, 2.45) is 0 Å². The van der Waals surface area contributed by atoms with Gasteiger partial charge in [0.1, 0.15) is 23.0 Å². The minimum Gasteiger partial charge on any atom is -0.496 e. The molecule has 238 valence electrons. The molecule has 1 fully saturated rings. The number of aromatic nitrogens is 1. The van der Waals surface area contributed by atoms with E-state index in [1.54, 1.807) is 38.4 Å². The number of hydrogen-bond donors (Lipinski definition) is 0. The quantitative estimate of drug-likeness (QED) is 0.204. The summed E-state index contributed by atoms with van der Waals surface area (Å²) in [7, 11) is 3.34. The number of thiophene rings is 1. The number of hydrogen-bond acceptors (Lipinski definition) is 6. The first kappa shape index (κ1) is 32.3. The summed E-state index contributed by atoms with van der Waals surface area (Å²) >= 11 is 0.986. The molecule has 0 bridgehead atoms. The number of pyridine rings is 1. The zero-order chi connectivity index (χ0) is 32.5. The average Bonchev–Trinajstić information content (AvgIpc) is 3.38. The highest BCUT2D eigenvalue weighted by Crippen LogP contribution is 2.38. The normalized spacial score (nSPS) is 16.8. The van der Waals surface area contributed by atoms with Crippen LogP contribution in [0.5, 0.6) is 5.75 Å². The summed E-state index contributed by atoms with van der Waals surface area (Å²) in [6.07, 6.45) is 5.71. The van der Waals surface area contributed by atoms with Crippen LogP contribution in [0.25, 0.3) is 21.2 Å². The average molecular weight is 636 g/mol. The van der Waals surface area contributed by atoms with E-state index in [4.69, 9.17) is 9.47 Å². The van der Waals surface area contributed by atoms with Crippen molar-refractivity contribution in [3.8, 4) is 16.9 Å². The van der Waals surface area contributed by atoms with Crippen LogP contribution in [-0.2, 0) is 11.3 Å². The highest BCUT2D eigenvalue weighted by molar-refractivity contribution is 7.21. The second-order valence-electron chi connectivity index (χ2n) is 12.5. The van der Waals surface area contributed by atoms with E-state index < -0.39 is 17.2 Å². The van der Waals surface area contributed by atoms with Crippen molar-refractivity contribution in [3.63, 3.8) is 0 Å². The Labute approximate surface area is 266 Å². The van der Waals surface area contributed by atoms with Gasteiger partial charge in [-0.25, -0.2) is 13.6 Å². The predicted molar refractivity (Wildman–Crippen MR) is 173 cm³/mol. The molecule has 4 aromatic rings. The smallest absolute Gasteiger partial charge is 0.410 e. The number of benzene rings is 2. The number of nitrogens with zero attached hydrogens (tertiary/aromatic N) is 3. The predicted octanol–water partition coefficient (Wildman–Crippen LogP) is 8.38. The van der Waals surface area contributed by atoms with Crippen LogP contribution in [0, 0.1) is 18.6 Å². The lowest BCUT2D eigenvalue weighted by Gasteiger charge is -2.40. The number of aryl methyl sites for hydroxylation is 1. The van der Waals surface area contributed by atoms with Crippen molar-refractivity contribution in [1.82, 2.24) is 14.8 Å². The maximum Gasteiger partial charge on any atom is 0.410 e. The van der Waals surface area contributed by atoms with Crippen LogP contribution in [0.3, 0.4) is 0 Å². The van der Waals surface area contributed by atoms with Gasteiger partial charge in [0.25, 0.3) is 5.91 Å². The van der Waals surface area contributed by atoms with Crippen LogP contribution in [0.15, 0.2) is 54.9 Å². The Hall–Kier alpha value is -4.05. The SMILES string of the molecule is COc1ccc(-c2ccncc2)cc1CN(C(=O)c1sc2c(F)ccc(F)c2c1C)C1CCC(N(C)C(=O)OC(C)(C)C)CC1. The van der Waals surface area contributed by atoms with Gasteiger partial charge in [0.05, 0.1) is 16.7 Å². The molecular formula is C35H39F2N3O4S. The molecule has 45 heavy (non-hydrogen) atoms. The molecule has 1 aliphatic carbocycles. The molecule has 0 N–H and O–H groups in total. The van der Waals surface area contributed by atoms with E-state index in [1.165, 1.54) is 0 Å². The van der Waals surface area contributed by atoms with Crippen LogP contribution < -0.4 is 4.74 Å². The lowest BCUT2D eigenvalue weighted by Crippen LogP contribution is -2.47. The number of ether oxygens (including phenoxy) is 2. The van der Waals surface area contributed by atoms with Crippen molar-refractivity contribution in [2.75, 3.05) is 14.2 Å². The first-order valence-electron chi connectivity index (χ1n) is 15.1. The van der Waals surface area contributed by atoms with Crippen molar-refractivity contribution in [2.45, 2.75) is 77.6 Å². The van der Waals surface area contributed by atoms with E-state index in [2.05, 4.69) is 4.98 Å². The lowest BCUT2D eigenvalue weighted by atomic mass is 9.89. The number of amides is 2. The first-order chi connectivity index (χ1) is 21.4. The summed E-state index contributed by atoms with van der Waals surface area (Å²) in [6, 6.07) is 11.7. The second kappa shape index (κ2) is 13.1. The van der Waals surface area contributed by atoms with Gasteiger partial charge in [0, 0.05) is 49.0 Å². The third-order valence-corrected chi connectivity index (χ3v) is 9.69. The van der Waals surface area contributed by atoms with Crippen molar-refractivity contribution in [1.29, 1.82) is 0 Å². The molecule has 2 amide bonds. The van der Waals surface area contributed by atoms with E-state index in [-0.39, 0.29) is 40.7 Å². The van der Waals surface area contributed by atoms with Gasteiger partial charge in [-0.3, -0.25) is 9.78 Å². The molecule has 5 rings (SSSR count). The molecule has 2 aromatic heterocycles. The Bertz CT molecular complexity index is 1690. The highest BCUT2D eigenvalue weighted by Gasteiger charge is 2.35. The third-order valence-electron chi connectivity index (χ3n) is 8.40. The minimum absolute atomic E-state index is 0.0353. The zero-order valence-corrected chi connectivity index (χ0v) is 27.3. The Kier molecular flexibility index (Phi) is 9.44. The molecule has 0 unspecified atom stereocenters. The number of fused-ring (bicyclic) bond motifs is 1. The van der Waals surface area contributed by atoms with Crippen LogP contribution in [0.4, 0.5) is 13.6 Å². The van der Waals surface area contributed by atoms with Gasteiger partial charge in [0.15, 0.2) is 0 Å². The fourth-order valence-corrected chi connectivity index (χ4v) is 7.21. The summed E-state index contributed by atoms with van der Waals surface area (Å²) in [5.74, 6) is -0.757. The molecule has 1 aliphatic rings. The largest absolute Gasteiger partial charge is 0.496 e. The van der Waals surface area contributed by atoms with Crippen molar-refractivity contribution >= 4 is 33.4 Å². The first-order valence-corrected chi connectivity index (χ1v) is 15.9. The Morgan fingerprint density at radius 3 is 2.22 bits per heavy atom. The minimum atomic E-state index is -0.601. The summed E-state index contributed by atoms with van der Waals surface area (Å²) in [5, 5.41) is 0.142. The topological polar surface area (TPSA) is 72.0 Å². The molecule has 7 nitrogen and oxygen atoms in total. The summed E-state index contributed by atoms with van der Waals surface area (Å²) in [5.41, 5.74) is 2.56. The third kappa shape index (κ3) is 6.96. The van der Waals surface area contributed by atoms with E-state index in [0.29, 0.717) is 41.9 Å². The Morgan fingerprint density at radius 1 is 0.956 bits per heavy atom. The number of rotatable bonds is 7. The molecule has 0 atom stereocenters. The number of carbonyl (C=O) groups is 2. The molecule has 0 spiro atoms. The maximum atomic E-state index is 14.8. The summed E-state index contributed by atoms with van der Waals surface area (Å²) < 4.78 is 41.1. The van der Waals surface area contributed by atoms with Gasteiger partial charge in [-0.1, -0.05) is 6.07 Å². The standard InChI is InChI=1S/C35H39F2N3O4S/c1-21-30-27(36)12-13-28(37)32(30)45-31(21)33(41)40(26-10-8-25(9-11-26)39(5)34(42)44-35(2,3)4)20-24-19-23(7-14-29(24)43-6)22-15-17-38-18-16-22/h7,12-19,25-26H,8-11,20H2,1-6H3. The van der Waals surface area contributed by atoms with E-state index >= 15 is 0 Å². The Balaban J connectivity index is 1.49. The molecule has 1 saturated carbocycles. The van der Waals surface area contributed by atoms with Gasteiger partial charge in [0.2, 0.25) is 0 Å². The van der Waals surface area contributed by atoms with E-state index in [0.717, 1.165) is 40.2 Å². The lowest BCUT2D eigenvalue weighted by molar-refractivity contribution is 0.0144. The van der Waals surface area contributed by atoms with Crippen LogP contribution in [0.2, 0.25) is 0 Å². The van der Waals surface area contributed by atoms with Gasteiger partial charge < -0.3 is 19.3 Å². The van der Waals surface area contributed by atoms with Gasteiger partial charge in [-0.05, 0) is 106 Å². The fourth-order valence-electron chi connectivity index (χ4n) is 6.03. The zero-order valence-electron chi connectivity index (χ0n) is 26.5. The monoisotopic (exact) mass is 635 g/mol. The molecule has 2 aromatic carbocycles. The summed E-state index contributed by atoms with van der Waals surface area (Å²) in [6.45, 7) is 7.42. The van der Waals surface area contributed by atoms with Gasteiger partial charge in [-0.15, -0.1) is 11.3 Å². The van der Waals surface area contributed by atoms with Gasteiger partial charge in [-0.2, -0.15) is 0 Å². The molecule has 0 radical (unpaired) electrons. The van der Waals surface area contributed by atoms with Crippen molar-refractivity contribution < 1.29 is 27.8 Å². The second-order valence-corrected chi connectivity index (χ2v) is 13.6. The van der Waals surface area contributed by atoms with Crippen LogP contribution >= 0.6 is 11.3 Å². The molecular weight excluding hydrogens is 596 g/mol. The molecule has 0 saturated heterocycles. The number of methoxy groups -OCH3 is 1.